The zero-order valence-corrected chi connectivity index (χ0v) is 13.1. The van der Waals surface area contributed by atoms with E-state index in [9.17, 15) is 9.59 Å². The van der Waals surface area contributed by atoms with Crippen molar-refractivity contribution < 1.29 is 23.8 Å². The third-order valence-corrected chi connectivity index (χ3v) is 3.56. The Kier molecular flexibility index (Phi) is 4.85. The average Bonchev–Trinajstić information content (AvgIpc) is 2.86. The maximum absolute atomic E-state index is 12.4. The molecule has 1 aliphatic heterocycles. The lowest BCUT2D eigenvalue weighted by molar-refractivity contribution is -0.0461. The molecule has 0 bridgehead atoms. The monoisotopic (exact) mass is 304 g/mol. The second-order valence-electron chi connectivity index (χ2n) is 5.28. The van der Waals surface area contributed by atoms with E-state index in [1.165, 1.54) is 7.11 Å². The van der Waals surface area contributed by atoms with Crippen LogP contribution in [0.5, 0.6) is 5.75 Å². The number of Topliss-reactive ketones (excluding diaryl/α,β-unsaturated/α-hetero) is 1. The van der Waals surface area contributed by atoms with Crippen molar-refractivity contribution in [2.45, 2.75) is 39.4 Å². The summed E-state index contributed by atoms with van der Waals surface area (Å²) in [5.41, 5.74) is 2.89. The summed E-state index contributed by atoms with van der Waals surface area (Å²) in [6, 6.07) is 3.59. The number of ether oxygens (including phenoxy) is 3. The third-order valence-electron chi connectivity index (χ3n) is 3.56. The van der Waals surface area contributed by atoms with Crippen LogP contribution in [0.15, 0.2) is 24.3 Å². The standard InChI is InChI=1S/C17H20O5/c1-5-6-10(2)16(18)13-8-12-9-15(22-17(19)20-4)21-14(12)7-11(13)3/h7-8,15H,2,5-6,9H2,1,3-4H3. The number of aryl methyl sites for hydroxylation is 1. The summed E-state index contributed by atoms with van der Waals surface area (Å²) in [6.45, 7) is 7.72. The van der Waals surface area contributed by atoms with Crippen molar-refractivity contribution in [2.75, 3.05) is 7.11 Å². The Labute approximate surface area is 129 Å². The number of fused-ring (bicyclic) bond motifs is 1. The minimum absolute atomic E-state index is 0.0421. The number of ketones is 1. The Morgan fingerprint density at radius 2 is 2.14 bits per heavy atom. The molecular weight excluding hydrogens is 284 g/mol. The van der Waals surface area contributed by atoms with Crippen LogP contribution in [0.2, 0.25) is 0 Å². The van der Waals surface area contributed by atoms with Crippen molar-refractivity contribution in [1.29, 1.82) is 0 Å². The molecule has 0 aliphatic carbocycles. The molecule has 118 valence electrons. The number of hydrogen-bond donors (Lipinski definition) is 0. The molecule has 0 aromatic heterocycles. The molecule has 1 atom stereocenters. The van der Waals surface area contributed by atoms with Gasteiger partial charge in [-0.3, -0.25) is 4.79 Å². The van der Waals surface area contributed by atoms with Gasteiger partial charge in [0, 0.05) is 11.1 Å². The van der Waals surface area contributed by atoms with Gasteiger partial charge in [-0.15, -0.1) is 0 Å². The maximum atomic E-state index is 12.4. The Bertz CT molecular complexity index is 618. The summed E-state index contributed by atoms with van der Waals surface area (Å²) in [7, 11) is 1.24. The highest BCUT2D eigenvalue weighted by Gasteiger charge is 2.28. The predicted octanol–water partition coefficient (Wildman–Crippen LogP) is 3.58. The molecule has 0 amide bonds. The Morgan fingerprint density at radius 3 is 2.77 bits per heavy atom. The van der Waals surface area contributed by atoms with E-state index >= 15 is 0 Å². The summed E-state index contributed by atoms with van der Waals surface area (Å²) in [4.78, 5) is 23.5. The number of methoxy groups -OCH3 is 1. The topological polar surface area (TPSA) is 61.8 Å². The first-order chi connectivity index (χ1) is 10.5. The van der Waals surface area contributed by atoms with Crippen molar-refractivity contribution in [3.63, 3.8) is 0 Å². The first kappa shape index (κ1) is 16.1. The van der Waals surface area contributed by atoms with E-state index in [-0.39, 0.29) is 5.78 Å². The number of allylic oxidation sites excluding steroid dienone is 1. The third kappa shape index (κ3) is 3.30. The molecule has 1 aromatic carbocycles. The molecule has 5 heteroatoms. The van der Waals surface area contributed by atoms with Crippen molar-refractivity contribution >= 4 is 11.9 Å². The zero-order valence-electron chi connectivity index (χ0n) is 13.1. The fraction of sp³-hybridized carbons (Fsp3) is 0.412. The summed E-state index contributed by atoms with van der Waals surface area (Å²) >= 11 is 0. The molecule has 1 unspecified atom stereocenters. The van der Waals surface area contributed by atoms with Gasteiger partial charge >= 0.3 is 6.16 Å². The molecule has 1 aliphatic rings. The van der Waals surface area contributed by atoms with E-state index in [1.54, 1.807) is 12.1 Å². The number of carbonyl (C=O) groups is 2. The van der Waals surface area contributed by atoms with Crippen LogP contribution < -0.4 is 4.74 Å². The van der Waals surface area contributed by atoms with Gasteiger partial charge in [-0.1, -0.05) is 19.9 Å². The Balaban J connectivity index is 2.19. The SMILES string of the molecule is C=C(CCC)C(=O)c1cc2c(cc1C)OC(OC(=O)OC)C2. The van der Waals surface area contributed by atoms with Gasteiger partial charge in [0.25, 0.3) is 6.29 Å². The van der Waals surface area contributed by atoms with Gasteiger partial charge in [0.1, 0.15) is 5.75 Å². The molecule has 0 N–H and O–H groups in total. The molecule has 0 saturated carbocycles. The summed E-state index contributed by atoms with van der Waals surface area (Å²) in [5, 5.41) is 0. The number of rotatable bonds is 5. The number of benzene rings is 1. The molecule has 0 radical (unpaired) electrons. The van der Waals surface area contributed by atoms with Crippen LogP contribution in [0, 0.1) is 6.92 Å². The molecule has 22 heavy (non-hydrogen) atoms. The Morgan fingerprint density at radius 1 is 1.41 bits per heavy atom. The van der Waals surface area contributed by atoms with Crippen LogP contribution in [0.25, 0.3) is 0 Å². The van der Waals surface area contributed by atoms with E-state index in [1.807, 2.05) is 13.8 Å². The second-order valence-corrected chi connectivity index (χ2v) is 5.28. The van der Waals surface area contributed by atoms with Crippen LogP contribution in [-0.4, -0.2) is 25.3 Å². The lowest BCUT2D eigenvalue weighted by Gasteiger charge is -2.10. The van der Waals surface area contributed by atoms with Gasteiger partial charge in [-0.2, -0.15) is 0 Å². The summed E-state index contributed by atoms with van der Waals surface area (Å²) in [6.07, 6.45) is 0.450. The molecule has 1 aromatic rings. The number of hydrogen-bond acceptors (Lipinski definition) is 5. The molecule has 1 heterocycles. The van der Waals surface area contributed by atoms with E-state index in [0.29, 0.717) is 29.7 Å². The van der Waals surface area contributed by atoms with Gasteiger partial charge in [-0.05, 0) is 36.6 Å². The van der Waals surface area contributed by atoms with Crippen LogP contribution >= 0.6 is 0 Å². The van der Waals surface area contributed by atoms with Crippen molar-refractivity contribution in [2.24, 2.45) is 0 Å². The van der Waals surface area contributed by atoms with Gasteiger partial charge < -0.3 is 14.2 Å². The van der Waals surface area contributed by atoms with E-state index in [2.05, 4.69) is 11.3 Å². The molecule has 0 fully saturated rings. The van der Waals surface area contributed by atoms with Crippen molar-refractivity contribution in [3.8, 4) is 5.75 Å². The lowest BCUT2D eigenvalue weighted by Crippen LogP contribution is -2.21. The minimum Gasteiger partial charge on any atom is -0.454 e. The van der Waals surface area contributed by atoms with Gasteiger partial charge in [0.2, 0.25) is 0 Å². The fourth-order valence-corrected chi connectivity index (χ4v) is 2.43. The van der Waals surface area contributed by atoms with E-state index < -0.39 is 12.4 Å². The first-order valence-corrected chi connectivity index (χ1v) is 7.23. The van der Waals surface area contributed by atoms with Crippen LogP contribution in [0.4, 0.5) is 4.79 Å². The summed E-state index contributed by atoms with van der Waals surface area (Å²) < 4.78 is 15.0. The quantitative estimate of drug-likeness (QED) is 0.473. The van der Waals surface area contributed by atoms with Crippen molar-refractivity contribution in [3.05, 3.63) is 41.0 Å². The normalized spacial score (nSPS) is 15.7. The molecule has 0 spiro atoms. The van der Waals surface area contributed by atoms with Gasteiger partial charge in [0.15, 0.2) is 5.78 Å². The minimum atomic E-state index is -0.790. The highest BCUT2D eigenvalue weighted by atomic mass is 16.8. The highest BCUT2D eigenvalue weighted by Crippen LogP contribution is 2.33. The molecule has 0 saturated heterocycles. The fourth-order valence-electron chi connectivity index (χ4n) is 2.43. The zero-order chi connectivity index (χ0) is 16.3. The lowest BCUT2D eigenvalue weighted by atomic mass is 9.95. The largest absolute Gasteiger partial charge is 0.511 e. The molecule has 2 rings (SSSR count). The highest BCUT2D eigenvalue weighted by molar-refractivity contribution is 6.09. The second kappa shape index (κ2) is 6.64. The van der Waals surface area contributed by atoms with E-state index in [0.717, 1.165) is 17.5 Å². The Hall–Kier alpha value is -2.30. The van der Waals surface area contributed by atoms with E-state index in [4.69, 9.17) is 9.47 Å². The van der Waals surface area contributed by atoms with Crippen LogP contribution in [0.1, 0.15) is 41.3 Å². The van der Waals surface area contributed by atoms with Gasteiger partial charge in [0.05, 0.1) is 13.5 Å². The first-order valence-electron chi connectivity index (χ1n) is 7.23. The van der Waals surface area contributed by atoms with Crippen molar-refractivity contribution in [1.82, 2.24) is 0 Å². The summed E-state index contributed by atoms with van der Waals surface area (Å²) in [5.74, 6) is 0.587. The average molecular weight is 304 g/mol. The molecular formula is C17H20O5. The smallest absolute Gasteiger partial charge is 0.454 e. The van der Waals surface area contributed by atoms with Gasteiger partial charge in [-0.25, -0.2) is 4.79 Å². The maximum Gasteiger partial charge on any atom is 0.511 e. The number of carbonyl (C=O) groups excluding carboxylic acids is 2. The van der Waals surface area contributed by atoms with Crippen LogP contribution in [-0.2, 0) is 15.9 Å². The molecule has 5 nitrogen and oxygen atoms in total. The van der Waals surface area contributed by atoms with Crippen LogP contribution in [0.3, 0.4) is 0 Å². The predicted molar refractivity (Wildman–Crippen MR) is 81.2 cm³/mol.